The number of hydrogen-bond acceptors (Lipinski definition) is 2. The Morgan fingerprint density at radius 2 is 1.71 bits per heavy atom. The molecule has 0 radical (unpaired) electrons. The third-order valence-corrected chi connectivity index (χ3v) is 4.11. The summed E-state index contributed by atoms with van der Waals surface area (Å²) < 4.78 is 5.20. The van der Waals surface area contributed by atoms with Crippen molar-refractivity contribution >= 4 is 11.3 Å². The Balaban J connectivity index is 1.83. The van der Waals surface area contributed by atoms with Crippen LogP contribution in [0.25, 0.3) is 10.4 Å². The van der Waals surface area contributed by atoms with Crippen molar-refractivity contribution in [3.63, 3.8) is 0 Å². The SMILES string of the molecule is COc1cccc(C#Cc2ccc(-c3ccccc3)s2)c1. The van der Waals surface area contributed by atoms with Gasteiger partial charge in [-0.1, -0.05) is 48.2 Å². The molecule has 1 heterocycles. The quantitative estimate of drug-likeness (QED) is 0.615. The Hall–Kier alpha value is -2.50. The van der Waals surface area contributed by atoms with Gasteiger partial charge in [0.2, 0.25) is 0 Å². The molecule has 3 rings (SSSR count). The summed E-state index contributed by atoms with van der Waals surface area (Å²) in [6, 6.07) is 22.4. The molecule has 0 aliphatic rings. The zero-order valence-corrected chi connectivity index (χ0v) is 12.5. The van der Waals surface area contributed by atoms with E-state index in [-0.39, 0.29) is 0 Å². The van der Waals surface area contributed by atoms with Crippen LogP contribution in [0.4, 0.5) is 0 Å². The predicted molar refractivity (Wildman–Crippen MR) is 88.7 cm³/mol. The standard InChI is InChI=1S/C19H14OS/c1-20-17-9-5-6-15(14-17)10-11-18-12-13-19(21-18)16-7-3-2-4-8-16/h2-9,12-14H,1H3. The number of benzene rings is 2. The minimum absolute atomic E-state index is 0.831. The van der Waals surface area contributed by atoms with E-state index in [2.05, 4.69) is 48.2 Å². The maximum Gasteiger partial charge on any atom is 0.120 e. The second-order valence-electron chi connectivity index (χ2n) is 4.51. The molecule has 1 nitrogen and oxygen atoms in total. The summed E-state index contributed by atoms with van der Waals surface area (Å²) in [5.41, 5.74) is 2.20. The Labute approximate surface area is 128 Å². The topological polar surface area (TPSA) is 9.23 Å². The van der Waals surface area contributed by atoms with Gasteiger partial charge in [0.15, 0.2) is 0 Å². The van der Waals surface area contributed by atoms with Gasteiger partial charge in [0, 0.05) is 10.4 Å². The lowest BCUT2D eigenvalue weighted by molar-refractivity contribution is 0.414. The van der Waals surface area contributed by atoms with E-state index in [1.54, 1.807) is 18.4 Å². The molecule has 0 saturated heterocycles. The van der Waals surface area contributed by atoms with Gasteiger partial charge in [0.05, 0.1) is 12.0 Å². The summed E-state index contributed by atoms with van der Waals surface area (Å²) in [5.74, 6) is 7.23. The van der Waals surface area contributed by atoms with Gasteiger partial charge in [-0.25, -0.2) is 0 Å². The number of ether oxygens (including phenoxy) is 1. The first-order valence-electron chi connectivity index (χ1n) is 6.66. The van der Waals surface area contributed by atoms with Crippen LogP contribution in [0.2, 0.25) is 0 Å². The summed E-state index contributed by atoms with van der Waals surface area (Å²) in [7, 11) is 1.66. The molecular weight excluding hydrogens is 276 g/mol. The molecule has 0 unspecified atom stereocenters. The largest absolute Gasteiger partial charge is 0.497 e. The van der Waals surface area contributed by atoms with Crippen molar-refractivity contribution in [1.82, 2.24) is 0 Å². The van der Waals surface area contributed by atoms with Crippen molar-refractivity contribution < 1.29 is 4.74 Å². The van der Waals surface area contributed by atoms with Crippen LogP contribution < -0.4 is 4.74 Å². The van der Waals surface area contributed by atoms with E-state index < -0.39 is 0 Å². The molecule has 0 aliphatic carbocycles. The van der Waals surface area contributed by atoms with Crippen LogP contribution >= 0.6 is 11.3 Å². The number of hydrogen-bond donors (Lipinski definition) is 0. The van der Waals surface area contributed by atoms with Crippen molar-refractivity contribution in [2.45, 2.75) is 0 Å². The van der Waals surface area contributed by atoms with E-state index in [1.165, 1.54) is 10.4 Å². The van der Waals surface area contributed by atoms with Crippen LogP contribution in [-0.2, 0) is 0 Å². The second kappa shape index (κ2) is 6.30. The molecule has 0 amide bonds. The molecule has 0 fully saturated rings. The Kier molecular flexibility index (Phi) is 4.04. The molecule has 0 saturated carbocycles. The first kappa shape index (κ1) is 13.5. The molecule has 0 N–H and O–H groups in total. The van der Waals surface area contributed by atoms with Crippen LogP contribution in [0.15, 0.2) is 66.7 Å². The van der Waals surface area contributed by atoms with Crippen LogP contribution in [0, 0.1) is 11.8 Å². The first-order chi connectivity index (χ1) is 10.3. The zero-order chi connectivity index (χ0) is 14.5. The van der Waals surface area contributed by atoms with Gasteiger partial charge in [-0.05, 0) is 35.9 Å². The molecule has 2 aromatic carbocycles. The highest BCUT2D eigenvalue weighted by atomic mass is 32.1. The lowest BCUT2D eigenvalue weighted by Gasteiger charge is -1.97. The molecule has 1 aromatic heterocycles. The van der Waals surface area contributed by atoms with Gasteiger partial charge >= 0.3 is 0 Å². The molecular formula is C19H14OS. The van der Waals surface area contributed by atoms with Gasteiger partial charge in [0.1, 0.15) is 5.75 Å². The Morgan fingerprint density at radius 3 is 2.52 bits per heavy atom. The third-order valence-electron chi connectivity index (χ3n) is 3.06. The highest BCUT2D eigenvalue weighted by Gasteiger charge is 2.00. The van der Waals surface area contributed by atoms with Gasteiger partial charge < -0.3 is 4.74 Å². The van der Waals surface area contributed by atoms with Gasteiger partial charge in [-0.3, -0.25) is 0 Å². The normalized spacial score (nSPS) is 9.76. The van der Waals surface area contributed by atoms with Crippen molar-refractivity contribution in [2.24, 2.45) is 0 Å². The fraction of sp³-hybridized carbons (Fsp3) is 0.0526. The Morgan fingerprint density at radius 1 is 0.857 bits per heavy atom. The monoisotopic (exact) mass is 290 g/mol. The van der Waals surface area contributed by atoms with E-state index in [9.17, 15) is 0 Å². The van der Waals surface area contributed by atoms with Gasteiger partial charge in [-0.15, -0.1) is 11.3 Å². The van der Waals surface area contributed by atoms with Crippen LogP contribution in [-0.4, -0.2) is 7.11 Å². The van der Waals surface area contributed by atoms with E-state index in [0.29, 0.717) is 0 Å². The fourth-order valence-electron chi connectivity index (χ4n) is 2.00. The van der Waals surface area contributed by atoms with Gasteiger partial charge in [-0.2, -0.15) is 0 Å². The molecule has 0 atom stereocenters. The summed E-state index contributed by atoms with van der Waals surface area (Å²) in [6.45, 7) is 0. The first-order valence-corrected chi connectivity index (χ1v) is 7.48. The second-order valence-corrected chi connectivity index (χ2v) is 5.60. The number of thiophene rings is 1. The lowest BCUT2D eigenvalue weighted by atomic mass is 10.2. The smallest absolute Gasteiger partial charge is 0.120 e. The summed E-state index contributed by atoms with van der Waals surface area (Å²) in [4.78, 5) is 2.31. The van der Waals surface area contributed by atoms with Crippen LogP contribution in [0.1, 0.15) is 10.4 Å². The minimum atomic E-state index is 0.831. The highest BCUT2D eigenvalue weighted by Crippen LogP contribution is 2.27. The highest BCUT2D eigenvalue weighted by molar-refractivity contribution is 7.16. The summed E-state index contributed by atoms with van der Waals surface area (Å²) in [5, 5.41) is 0. The predicted octanol–water partition coefficient (Wildman–Crippen LogP) is 4.82. The molecule has 0 bridgehead atoms. The number of rotatable bonds is 2. The molecule has 21 heavy (non-hydrogen) atoms. The molecule has 102 valence electrons. The molecule has 0 spiro atoms. The molecule has 3 aromatic rings. The van der Waals surface area contributed by atoms with Crippen molar-refractivity contribution in [3.05, 3.63) is 77.2 Å². The lowest BCUT2D eigenvalue weighted by Crippen LogP contribution is -1.82. The summed E-state index contributed by atoms with van der Waals surface area (Å²) >= 11 is 1.71. The van der Waals surface area contributed by atoms with Crippen molar-refractivity contribution in [2.75, 3.05) is 7.11 Å². The third kappa shape index (κ3) is 3.34. The average molecular weight is 290 g/mol. The van der Waals surface area contributed by atoms with E-state index in [4.69, 9.17) is 4.74 Å². The van der Waals surface area contributed by atoms with Crippen LogP contribution in [0.3, 0.4) is 0 Å². The maximum absolute atomic E-state index is 5.20. The zero-order valence-electron chi connectivity index (χ0n) is 11.7. The maximum atomic E-state index is 5.20. The van der Waals surface area contributed by atoms with E-state index in [0.717, 1.165) is 16.2 Å². The van der Waals surface area contributed by atoms with Crippen LogP contribution in [0.5, 0.6) is 5.75 Å². The number of methoxy groups -OCH3 is 1. The van der Waals surface area contributed by atoms with Crippen molar-refractivity contribution in [3.8, 4) is 28.0 Å². The molecule has 2 heteroatoms. The average Bonchev–Trinajstić information content (AvgIpc) is 3.03. The summed E-state index contributed by atoms with van der Waals surface area (Å²) in [6.07, 6.45) is 0. The fourth-order valence-corrected chi connectivity index (χ4v) is 2.86. The van der Waals surface area contributed by atoms with E-state index >= 15 is 0 Å². The van der Waals surface area contributed by atoms with E-state index in [1.807, 2.05) is 30.3 Å². The van der Waals surface area contributed by atoms with Gasteiger partial charge in [0.25, 0.3) is 0 Å². The Bertz CT molecular complexity index is 791. The minimum Gasteiger partial charge on any atom is -0.497 e. The molecule has 0 aliphatic heterocycles. The van der Waals surface area contributed by atoms with Crippen molar-refractivity contribution in [1.29, 1.82) is 0 Å².